The highest BCUT2D eigenvalue weighted by Crippen LogP contribution is 2.33. The van der Waals surface area contributed by atoms with E-state index in [1.807, 2.05) is 24.4 Å². The fraction of sp³-hybridized carbons (Fsp3) is 0.475. The maximum absolute atomic E-state index is 13.1. The first-order valence-corrected chi connectivity index (χ1v) is 19.7. The summed E-state index contributed by atoms with van der Waals surface area (Å²) in [5, 5.41) is 29.5. The Morgan fingerprint density at radius 2 is 1.82 bits per heavy atom. The second-order valence-corrected chi connectivity index (χ2v) is 15.5. The first-order chi connectivity index (χ1) is 26.8. The molecule has 4 fully saturated rings. The van der Waals surface area contributed by atoms with Crippen molar-refractivity contribution in [1.29, 1.82) is 5.26 Å². The molecule has 5 heterocycles. The number of ether oxygens (including phenoxy) is 1. The predicted octanol–water partition coefficient (Wildman–Crippen LogP) is 5.47. The number of hydrogen-bond acceptors (Lipinski definition) is 10. The van der Waals surface area contributed by atoms with Gasteiger partial charge in [0.2, 0.25) is 5.91 Å². The number of carbonyl (C=O) groups is 3. The molecule has 0 radical (unpaired) electrons. The second kappa shape index (κ2) is 16.2. The molecule has 55 heavy (non-hydrogen) atoms. The number of carbonyl (C=O) groups excluding carboxylic acids is 3. The SMILES string of the molecule is N#Cc1ccc(O[C@H]2CC[C@H](NC(=O)c3ccc(N4CCCC(CN5CCC(n6ncc7c(N8CCC(=O)NC8=O)cccc76)CC5)C4)nn3)CC2)cc1Cl. The van der Waals surface area contributed by atoms with Crippen molar-refractivity contribution in [3.8, 4) is 11.8 Å². The Morgan fingerprint density at radius 3 is 2.56 bits per heavy atom. The number of rotatable bonds is 9. The zero-order valence-electron chi connectivity index (χ0n) is 30.7. The first-order valence-electron chi connectivity index (χ1n) is 19.4. The number of fused-ring (bicyclic) bond motifs is 1. The first kappa shape index (κ1) is 36.7. The molecule has 3 aliphatic heterocycles. The zero-order chi connectivity index (χ0) is 37.9. The van der Waals surface area contributed by atoms with Crippen LogP contribution in [-0.4, -0.2) is 94.1 Å². The lowest BCUT2D eigenvalue weighted by atomic mass is 9.92. The molecule has 4 aliphatic rings. The van der Waals surface area contributed by atoms with Crippen molar-refractivity contribution in [2.24, 2.45) is 5.92 Å². The molecule has 2 N–H and O–H groups in total. The molecule has 4 aromatic rings. The van der Waals surface area contributed by atoms with Crippen LogP contribution in [0, 0.1) is 17.2 Å². The van der Waals surface area contributed by atoms with Crippen LogP contribution in [0.1, 0.15) is 79.9 Å². The van der Waals surface area contributed by atoms with Crippen molar-refractivity contribution >= 4 is 51.9 Å². The van der Waals surface area contributed by atoms with Gasteiger partial charge in [-0.05, 0) is 93.7 Å². The molecular formula is C40H45ClN10O4. The van der Waals surface area contributed by atoms with Crippen LogP contribution in [0.5, 0.6) is 5.75 Å². The molecule has 1 atom stereocenters. The third-order valence-electron chi connectivity index (χ3n) is 11.5. The lowest BCUT2D eigenvalue weighted by Gasteiger charge is -2.38. The Morgan fingerprint density at radius 1 is 0.982 bits per heavy atom. The number of nitrogens with one attached hydrogen (secondary N) is 2. The summed E-state index contributed by atoms with van der Waals surface area (Å²) in [6.45, 7) is 5.19. The summed E-state index contributed by atoms with van der Waals surface area (Å²) in [5.41, 5.74) is 2.53. The van der Waals surface area contributed by atoms with Crippen molar-refractivity contribution in [2.45, 2.75) is 76.0 Å². The predicted molar refractivity (Wildman–Crippen MR) is 207 cm³/mol. The number of halogens is 1. The molecule has 3 saturated heterocycles. The molecule has 0 spiro atoms. The maximum atomic E-state index is 13.1. The summed E-state index contributed by atoms with van der Waals surface area (Å²) < 4.78 is 8.21. The van der Waals surface area contributed by atoms with Gasteiger partial charge in [0.05, 0.1) is 40.1 Å². The summed E-state index contributed by atoms with van der Waals surface area (Å²) in [7, 11) is 0. The largest absolute Gasteiger partial charge is 0.490 e. The Hall–Kier alpha value is -5.26. The highest BCUT2D eigenvalue weighted by Gasteiger charge is 2.30. The Bertz CT molecular complexity index is 2090. The molecule has 8 rings (SSSR count). The number of anilines is 2. The van der Waals surface area contributed by atoms with Gasteiger partial charge in [0, 0.05) is 63.2 Å². The lowest BCUT2D eigenvalue weighted by molar-refractivity contribution is -0.120. The Kier molecular flexibility index (Phi) is 10.8. The number of hydrogen-bond donors (Lipinski definition) is 2. The highest BCUT2D eigenvalue weighted by atomic mass is 35.5. The van der Waals surface area contributed by atoms with Crippen LogP contribution in [0.2, 0.25) is 5.02 Å². The van der Waals surface area contributed by atoms with Crippen LogP contribution in [0.15, 0.2) is 54.7 Å². The minimum absolute atomic E-state index is 0.0293. The van der Waals surface area contributed by atoms with Crippen molar-refractivity contribution in [1.82, 2.24) is 35.5 Å². The smallest absolute Gasteiger partial charge is 0.328 e. The van der Waals surface area contributed by atoms with Crippen molar-refractivity contribution in [2.75, 3.05) is 49.1 Å². The number of aromatic nitrogens is 4. The van der Waals surface area contributed by atoms with Gasteiger partial charge in [0.25, 0.3) is 5.91 Å². The molecule has 2 aromatic carbocycles. The fourth-order valence-electron chi connectivity index (χ4n) is 8.56. The van der Waals surface area contributed by atoms with Gasteiger partial charge >= 0.3 is 6.03 Å². The van der Waals surface area contributed by atoms with Crippen molar-refractivity contribution in [3.05, 3.63) is 71.0 Å². The topological polar surface area (TPSA) is 162 Å². The number of urea groups is 1. The molecule has 1 unspecified atom stereocenters. The van der Waals surface area contributed by atoms with E-state index in [0.717, 1.165) is 100 Å². The number of imide groups is 1. The van der Waals surface area contributed by atoms with Crippen LogP contribution >= 0.6 is 11.6 Å². The van der Waals surface area contributed by atoms with Crippen molar-refractivity contribution in [3.63, 3.8) is 0 Å². The van der Waals surface area contributed by atoms with Crippen LogP contribution in [0.25, 0.3) is 10.9 Å². The van der Waals surface area contributed by atoms with Crippen LogP contribution in [-0.2, 0) is 4.79 Å². The number of benzene rings is 2. The maximum Gasteiger partial charge on any atom is 0.328 e. The van der Waals surface area contributed by atoms with E-state index < -0.39 is 0 Å². The van der Waals surface area contributed by atoms with E-state index in [4.69, 9.17) is 26.7 Å². The third kappa shape index (κ3) is 8.23. The van der Waals surface area contributed by atoms with E-state index in [0.29, 0.717) is 34.5 Å². The summed E-state index contributed by atoms with van der Waals surface area (Å²) in [6, 6.07) is 16.7. The molecule has 4 amide bonds. The summed E-state index contributed by atoms with van der Waals surface area (Å²) in [6.07, 6.45) is 9.60. The second-order valence-electron chi connectivity index (χ2n) is 15.1. The van der Waals surface area contributed by atoms with Gasteiger partial charge in [-0.15, -0.1) is 10.2 Å². The molecule has 2 aromatic heterocycles. The number of amides is 4. The number of nitrogens with zero attached hydrogens (tertiary/aromatic N) is 8. The van der Waals surface area contributed by atoms with Gasteiger partial charge < -0.3 is 19.9 Å². The standard InChI is InChI=1S/C40H45ClN10O4/c41-33-21-31(9-6-27(33)22-42)55-30-10-7-28(8-11-30)44-39(53)34-12-13-37(47-46-34)49-17-2-3-26(25-49)24-48-18-14-29(15-19-48)51-36-5-1-4-35(32(36)23-43-51)50-20-16-38(52)45-40(50)54/h1,4-6,9,12-13,21,23,26,28-30H,2-3,7-8,10-11,14-20,24-25H2,(H,44,53)(H,45,52,54)/t26?,28-,30-. The summed E-state index contributed by atoms with van der Waals surface area (Å²) >= 11 is 6.16. The van der Waals surface area contributed by atoms with Gasteiger partial charge in [-0.2, -0.15) is 10.4 Å². The molecular weight excluding hydrogens is 720 g/mol. The molecule has 15 heteroatoms. The molecule has 0 bridgehead atoms. The lowest BCUT2D eigenvalue weighted by Crippen LogP contribution is -2.49. The van der Waals surface area contributed by atoms with E-state index in [1.54, 1.807) is 29.2 Å². The van der Waals surface area contributed by atoms with Gasteiger partial charge in [-0.3, -0.25) is 24.5 Å². The average Bonchev–Trinajstić information content (AvgIpc) is 3.64. The molecule has 1 saturated carbocycles. The minimum Gasteiger partial charge on any atom is -0.490 e. The van der Waals surface area contributed by atoms with E-state index in [2.05, 4.69) is 47.4 Å². The normalized spacial score (nSPS) is 22.7. The monoisotopic (exact) mass is 764 g/mol. The molecule has 1 aliphatic carbocycles. The average molecular weight is 765 g/mol. The summed E-state index contributed by atoms with van der Waals surface area (Å²) in [5.74, 6) is 1.51. The van der Waals surface area contributed by atoms with Gasteiger partial charge in [0.1, 0.15) is 11.8 Å². The number of nitriles is 1. The van der Waals surface area contributed by atoms with Crippen LogP contribution < -0.4 is 25.2 Å². The van der Waals surface area contributed by atoms with Gasteiger partial charge in [-0.25, -0.2) is 4.79 Å². The van der Waals surface area contributed by atoms with Crippen LogP contribution in [0.4, 0.5) is 16.3 Å². The van der Waals surface area contributed by atoms with Crippen molar-refractivity contribution < 1.29 is 19.1 Å². The number of likely N-dealkylation sites (tertiary alicyclic amines) is 1. The Labute approximate surface area is 324 Å². The summed E-state index contributed by atoms with van der Waals surface area (Å²) in [4.78, 5) is 43.8. The van der Waals surface area contributed by atoms with Gasteiger partial charge in [0.15, 0.2) is 11.5 Å². The molecule has 14 nitrogen and oxygen atoms in total. The quantitative estimate of drug-likeness (QED) is 0.224. The Balaban J connectivity index is 0.791. The third-order valence-corrected chi connectivity index (χ3v) is 11.8. The van der Waals surface area contributed by atoms with Gasteiger partial charge in [-0.1, -0.05) is 17.7 Å². The fourth-order valence-corrected chi connectivity index (χ4v) is 8.77. The van der Waals surface area contributed by atoms with Crippen LogP contribution in [0.3, 0.4) is 0 Å². The highest BCUT2D eigenvalue weighted by molar-refractivity contribution is 6.31. The number of piperidine rings is 2. The van der Waals surface area contributed by atoms with E-state index in [1.165, 1.54) is 6.42 Å². The van der Waals surface area contributed by atoms with E-state index >= 15 is 0 Å². The molecule has 286 valence electrons. The minimum atomic E-state index is -0.385. The van der Waals surface area contributed by atoms with E-state index in [-0.39, 0.29) is 42.5 Å². The van der Waals surface area contributed by atoms with E-state index in [9.17, 15) is 14.4 Å². The zero-order valence-corrected chi connectivity index (χ0v) is 31.5.